The van der Waals surface area contributed by atoms with E-state index in [0.717, 1.165) is 9.87 Å². The molecule has 1 N–H and O–H groups in total. The zero-order valence-corrected chi connectivity index (χ0v) is 18.0. The Balaban J connectivity index is 1.97. The quantitative estimate of drug-likeness (QED) is 0.354. The van der Waals surface area contributed by atoms with E-state index in [9.17, 15) is 13.2 Å². The standard InChI is InChI=1S/C21H25N3O5S/c1-5-12-29-19-11-8-17(13-20(19)28-4)14-22-23-21(25)15-24(3)30(26,27)18-9-6-16(2)7-10-18/h5-11,13-14H,1,12,15H2,2-4H3,(H,23,25)/b22-14+. The first-order valence-electron chi connectivity index (χ1n) is 9.04. The van der Waals surface area contributed by atoms with Gasteiger partial charge in [0.2, 0.25) is 10.0 Å². The second kappa shape index (κ2) is 10.6. The molecule has 0 aromatic heterocycles. The molecule has 2 aromatic rings. The Labute approximate surface area is 176 Å². The van der Waals surface area contributed by atoms with Crippen molar-refractivity contribution < 1.29 is 22.7 Å². The van der Waals surface area contributed by atoms with Crippen molar-refractivity contribution in [3.05, 3.63) is 66.2 Å². The van der Waals surface area contributed by atoms with E-state index < -0.39 is 15.9 Å². The number of methoxy groups -OCH3 is 1. The zero-order valence-electron chi connectivity index (χ0n) is 17.2. The number of hydrogen-bond acceptors (Lipinski definition) is 6. The molecular weight excluding hydrogens is 406 g/mol. The maximum atomic E-state index is 12.5. The summed E-state index contributed by atoms with van der Waals surface area (Å²) >= 11 is 0. The van der Waals surface area contributed by atoms with Gasteiger partial charge in [-0.3, -0.25) is 4.79 Å². The molecule has 0 spiro atoms. The summed E-state index contributed by atoms with van der Waals surface area (Å²) in [6.45, 7) is 5.43. The molecule has 0 radical (unpaired) electrons. The first-order chi connectivity index (χ1) is 14.3. The van der Waals surface area contributed by atoms with Crippen molar-refractivity contribution in [1.82, 2.24) is 9.73 Å². The van der Waals surface area contributed by atoms with Crippen LogP contribution in [-0.2, 0) is 14.8 Å². The molecule has 0 aliphatic carbocycles. The minimum atomic E-state index is -3.77. The number of benzene rings is 2. The highest BCUT2D eigenvalue weighted by Crippen LogP contribution is 2.27. The van der Waals surface area contributed by atoms with E-state index in [0.29, 0.717) is 23.7 Å². The van der Waals surface area contributed by atoms with Gasteiger partial charge in [0, 0.05) is 7.05 Å². The van der Waals surface area contributed by atoms with Crippen LogP contribution in [0.1, 0.15) is 11.1 Å². The van der Waals surface area contributed by atoms with Crippen molar-refractivity contribution >= 4 is 22.1 Å². The second-order valence-electron chi connectivity index (χ2n) is 6.38. The van der Waals surface area contributed by atoms with E-state index in [-0.39, 0.29) is 11.4 Å². The Morgan fingerprint density at radius 2 is 1.90 bits per heavy atom. The highest BCUT2D eigenvalue weighted by molar-refractivity contribution is 7.89. The average Bonchev–Trinajstić information content (AvgIpc) is 2.72. The Bertz CT molecular complexity index is 1020. The van der Waals surface area contributed by atoms with Crippen molar-refractivity contribution in [3.63, 3.8) is 0 Å². The predicted octanol–water partition coefficient (Wildman–Crippen LogP) is 2.34. The fraction of sp³-hybridized carbons (Fsp3) is 0.238. The predicted molar refractivity (Wildman–Crippen MR) is 115 cm³/mol. The number of carbonyl (C=O) groups excluding carboxylic acids is 1. The number of aryl methyl sites for hydroxylation is 1. The van der Waals surface area contributed by atoms with E-state index in [1.807, 2.05) is 6.92 Å². The number of nitrogens with one attached hydrogen (secondary N) is 1. The number of rotatable bonds is 10. The molecule has 0 aliphatic heterocycles. The van der Waals surface area contributed by atoms with Crippen molar-refractivity contribution in [2.24, 2.45) is 5.10 Å². The van der Waals surface area contributed by atoms with Crippen LogP contribution < -0.4 is 14.9 Å². The first-order valence-corrected chi connectivity index (χ1v) is 10.5. The van der Waals surface area contributed by atoms with Gasteiger partial charge in [0.25, 0.3) is 5.91 Å². The molecule has 0 aliphatic rings. The molecule has 8 nitrogen and oxygen atoms in total. The topological polar surface area (TPSA) is 97.3 Å². The highest BCUT2D eigenvalue weighted by Gasteiger charge is 2.22. The van der Waals surface area contributed by atoms with Crippen LogP contribution in [0.2, 0.25) is 0 Å². The first kappa shape index (κ1) is 23.1. The number of hydrazone groups is 1. The molecule has 9 heteroatoms. The van der Waals surface area contributed by atoms with Crippen LogP contribution in [0.15, 0.2) is 65.1 Å². The molecule has 0 bridgehead atoms. The Morgan fingerprint density at radius 1 is 1.20 bits per heavy atom. The second-order valence-corrected chi connectivity index (χ2v) is 8.42. The lowest BCUT2D eigenvalue weighted by Gasteiger charge is -2.16. The normalized spacial score (nSPS) is 11.5. The summed E-state index contributed by atoms with van der Waals surface area (Å²) in [5.74, 6) is 0.500. The van der Waals surface area contributed by atoms with E-state index >= 15 is 0 Å². The average molecular weight is 432 g/mol. The van der Waals surface area contributed by atoms with E-state index in [4.69, 9.17) is 9.47 Å². The van der Waals surface area contributed by atoms with Crippen molar-refractivity contribution in [2.75, 3.05) is 27.3 Å². The fourth-order valence-corrected chi connectivity index (χ4v) is 3.55. The van der Waals surface area contributed by atoms with Crippen LogP contribution in [0.5, 0.6) is 11.5 Å². The van der Waals surface area contributed by atoms with Gasteiger partial charge >= 0.3 is 0 Å². The third-order valence-corrected chi connectivity index (χ3v) is 5.86. The van der Waals surface area contributed by atoms with E-state index in [2.05, 4.69) is 17.1 Å². The lowest BCUT2D eigenvalue weighted by molar-refractivity contribution is -0.121. The van der Waals surface area contributed by atoms with Crippen LogP contribution in [0.4, 0.5) is 0 Å². The Morgan fingerprint density at radius 3 is 2.53 bits per heavy atom. The van der Waals surface area contributed by atoms with Crippen LogP contribution >= 0.6 is 0 Å². The molecule has 2 aromatic carbocycles. The summed E-state index contributed by atoms with van der Waals surface area (Å²) in [5.41, 5.74) is 3.93. The summed E-state index contributed by atoms with van der Waals surface area (Å²) in [6.07, 6.45) is 3.05. The van der Waals surface area contributed by atoms with Gasteiger partial charge in [0.05, 0.1) is 24.8 Å². The maximum absolute atomic E-state index is 12.5. The van der Waals surface area contributed by atoms with Gasteiger partial charge in [0.15, 0.2) is 11.5 Å². The summed E-state index contributed by atoms with van der Waals surface area (Å²) in [6, 6.07) is 11.6. The minimum absolute atomic E-state index is 0.123. The smallest absolute Gasteiger partial charge is 0.255 e. The van der Waals surface area contributed by atoms with Crippen LogP contribution in [0.25, 0.3) is 0 Å². The molecule has 1 amide bonds. The number of amides is 1. The van der Waals surface area contributed by atoms with Gasteiger partial charge in [-0.2, -0.15) is 9.41 Å². The molecule has 0 unspecified atom stereocenters. The largest absolute Gasteiger partial charge is 0.493 e. The van der Waals surface area contributed by atoms with Gasteiger partial charge in [-0.15, -0.1) is 0 Å². The zero-order chi connectivity index (χ0) is 22.1. The third kappa shape index (κ3) is 6.16. The number of carbonyl (C=O) groups is 1. The molecule has 0 atom stereocenters. The monoisotopic (exact) mass is 431 g/mol. The Kier molecular flexibility index (Phi) is 8.14. The maximum Gasteiger partial charge on any atom is 0.255 e. The third-order valence-electron chi connectivity index (χ3n) is 4.04. The number of ether oxygens (including phenoxy) is 2. The van der Waals surface area contributed by atoms with Crippen LogP contribution in [-0.4, -0.2) is 52.2 Å². The van der Waals surface area contributed by atoms with Gasteiger partial charge < -0.3 is 9.47 Å². The molecular formula is C21H25N3O5S. The number of likely N-dealkylation sites (N-methyl/N-ethyl adjacent to an activating group) is 1. The molecule has 0 heterocycles. The Hall–Kier alpha value is -3.17. The molecule has 0 saturated carbocycles. The molecule has 0 saturated heterocycles. The summed E-state index contributed by atoms with van der Waals surface area (Å²) in [4.78, 5) is 12.2. The SMILES string of the molecule is C=CCOc1ccc(/C=N/NC(=O)CN(C)S(=O)(=O)c2ccc(C)cc2)cc1OC. The van der Waals surface area contributed by atoms with Gasteiger partial charge in [-0.25, -0.2) is 13.8 Å². The summed E-state index contributed by atoms with van der Waals surface area (Å²) in [5, 5.41) is 3.87. The molecule has 160 valence electrons. The molecule has 30 heavy (non-hydrogen) atoms. The highest BCUT2D eigenvalue weighted by atomic mass is 32.2. The van der Waals surface area contributed by atoms with Crippen molar-refractivity contribution in [2.45, 2.75) is 11.8 Å². The van der Waals surface area contributed by atoms with Crippen molar-refractivity contribution in [3.8, 4) is 11.5 Å². The van der Waals surface area contributed by atoms with E-state index in [1.54, 1.807) is 36.4 Å². The summed E-state index contributed by atoms with van der Waals surface area (Å²) < 4.78 is 36.8. The minimum Gasteiger partial charge on any atom is -0.493 e. The van der Waals surface area contributed by atoms with Crippen LogP contribution in [0.3, 0.4) is 0 Å². The van der Waals surface area contributed by atoms with E-state index in [1.165, 1.54) is 32.5 Å². The summed E-state index contributed by atoms with van der Waals surface area (Å²) in [7, 11) is -0.911. The van der Waals surface area contributed by atoms with Gasteiger partial charge in [0.1, 0.15) is 6.61 Å². The number of hydrogen-bond donors (Lipinski definition) is 1. The van der Waals surface area contributed by atoms with Gasteiger partial charge in [-0.1, -0.05) is 30.4 Å². The van der Waals surface area contributed by atoms with Gasteiger partial charge in [-0.05, 0) is 42.8 Å². The number of nitrogens with zero attached hydrogens (tertiary/aromatic N) is 2. The lowest BCUT2D eigenvalue weighted by atomic mass is 10.2. The van der Waals surface area contributed by atoms with Crippen LogP contribution in [0, 0.1) is 6.92 Å². The fourth-order valence-electron chi connectivity index (χ4n) is 2.42. The molecule has 2 rings (SSSR count). The lowest BCUT2D eigenvalue weighted by Crippen LogP contribution is -2.36. The van der Waals surface area contributed by atoms with Crippen molar-refractivity contribution in [1.29, 1.82) is 0 Å². The molecule has 0 fully saturated rings. The number of sulfonamides is 1.